The lowest BCUT2D eigenvalue weighted by Gasteiger charge is -2.06. The molecule has 114 valence electrons. The van der Waals surface area contributed by atoms with E-state index in [-0.39, 0.29) is 11.9 Å². The second-order valence-electron chi connectivity index (χ2n) is 5.22. The van der Waals surface area contributed by atoms with E-state index in [2.05, 4.69) is 20.9 Å². The SMILES string of the molecule is Cc1c(C(=O)NC2CC2)nnn1-c1ccc(NC(N)=O)cc1. The van der Waals surface area contributed by atoms with E-state index in [4.69, 9.17) is 5.73 Å². The van der Waals surface area contributed by atoms with Crippen molar-refractivity contribution in [2.45, 2.75) is 25.8 Å². The van der Waals surface area contributed by atoms with Gasteiger partial charge in [-0.05, 0) is 44.0 Å². The summed E-state index contributed by atoms with van der Waals surface area (Å²) in [6, 6.07) is 6.57. The average molecular weight is 300 g/mol. The summed E-state index contributed by atoms with van der Waals surface area (Å²) >= 11 is 0. The van der Waals surface area contributed by atoms with E-state index in [1.807, 2.05) is 0 Å². The first-order chi connectivity index (χ1) is 10.5. The summed E-state index contributed by atoms with van der Waals surface area (Å²) in [7, 11) is 0. The fraction of sp³-hybridized carbons (Fsp3) is 0.286. The minimum atomic E-state index is -0.622. The summed E-state index contributed by atoms with van der Waals surface area (Å²) in [5.74, 6) is -0.196. The molecule has 1 fully saturated rings. The Morgan fingerprint density at radius 1 is 1.27 bits per heavy atom. The van der Waals surface area contributed by atoms with Crippen molar-refractivity contribution in [2.75, 3.05) is 5.32 Å². The van der Waals surface area contributed by atoms with Gasteiger partial charge in [-0.1, -0.05) is 5.21 Å². The van der Waals surface area contributed by atoms with Gasteiger partial charge in [-0.2, -0.15) is 0 Å². The van der Waals surface area contributed by atoms with E-state index in [0.29, 0.717) is 17.1 Å². The molecule has 8 heteroatoms. The Balaban J connectivity index is 1.81. The van der Waals surface area contributed by atoms with Crippen LogP contribution in [0.1, 0.15) is 29.0 Å². The average Bonchev–Trinajstić information content (AvgIpc) is 3.19. The first-order valence-corrected chi connectivity index (χ1v) is 6.94. The number of benzene rings is 1. The number of amides is 3. The van der Waals surface area contributed by atoms with Gasteiger partial charge < -0.3 is 16.4 Å². The van der Waals surface area contributed by atoms with Gasteiger partial charge in [0.25, 0.3) is 5.91 Å². The largest absolute Gasteiger partial charge is 0.351 e. The van der Waals surface area contributed by atoms with Crippen molar-refractivity contribution in [3.8, 4) is 5.69 Å². The second-order valence-corrected chi connectivity index (χ2v) is 5.22. The molecule has 0 saturated heterocycles. The van der Waals surface area contributed by atoms with Crippen LogP contribution in [0.4, 0.5) is 10.5 Å². The molecule has 1 saturated carbocycles. The molecular formula is C14H16N6O2. The molecule has 8 nitrogen and oxygen atoms in total. The molecule has 1 heterocycles. The monoisotopic (exact) mass is 300 g/mol. The molecule has 22 heavy (non-hydrogen) atoms. The van der Waals surface area contributed by atoms with Crippen molar-refractivity contribution in [2.24, 2.45) is 5.73 Å². The molecule has 0 radical (unpaired) electrons. The van der Waals surface area contributed by atoms with Gasteiger partial charge in [0.15, 0.2) is 5.69 Å². The molecule has 0 spiro atoms. The quantitative estimate of drug-likeness (QED) is 0.780. The van der Waals surface area contributed by atoms with Crippen LogP contribution in [0.2, 0.25) is 0 Å². The molecular weight excluding hydrogens is 284 g/mol. The molecule has 1 aromatic carbocycles. The van der Waals surface area contributed by atoms with Gasteiger partial charge in [0.1, 0.15) is 0 Å². The maximum atomic E-state index is 12.0. The number of primary amides is 1. The summed E-state index contributed by atoms with van der Waals surface area (Å²) < 4.78 is 1.58. The number of hydrogen-bond acceptors (Lipinski definition) is 4. The van der Waals surface area contributed by atoms with Crippen molar-refractivity contribution >= 4 is 17.6 Å². The molecule has 4 N–H and O–H groups in total. The first kappa shape index (κ1) is 14.1. The minimum absolute atomic E-state index is 0.196. The van der Waals surface area contributed by atoms with Gasteiger partial charge in [0.2, 0.25) is 0 Å². The summed E-state index contributed by atoms with van der Waals surface area (Å²) in [6.07, 6.45) is 2.04. The molecule has 0 bridgehead atoms. The van der Waals surface area contributed by atoms with E-state index in [1.54, 1.807) is 35.9 Å². The molecule has 1 aliphatic carbocycles. The van der Waals surface area contributed by atoms with Crippen LogP contribution in [0.5, 0.6) is 0 Å². The number of rotatable bonds is 4. The van der Waals surface area contributed by atoms with Crippen LogP contribution >= 0.6 is 0 Å². The van der Waals surface area contributed by atoms with E-state index >= 15 is 0 Å². The van der Waals surface area contributed by atoms with E-state index in [1.165, 1.54) is 0 Å². The number of urea groups is 1. The van der Waals surface area contributed by atoms with E-state index in [9.17, 15) is 9.59 Å². The summed E-state index contributed by atoms with van der Waals surface area (Å²) in [4.78, 5) is 22.8. The zero-order valence-electron chi connectivity index (χ0n) is 12.0. The number of hydrogen-bond donors (Lipinski definition) is 3. The fourth-order valence-electron chi connectivity index (χ4n) is 2.09. The van der Waals surface area contributed by atoms with Crippen molar-refractivity contribution in [1.82, 2.24) is 20.3 Å². The van der Waals surface area contributed by atoms with Crippen LogP contribution in [-0.4, -0.2) is 33.0 Å². The second kappa shape index (κ2) is 5.47. The van der Waals surface area contributed by atoms with Crippen molar-refractivity contribution in [1.29, 1.82) is 0 Å². The number of anilines is 1. The number of nitrogens with zero attached hydrogens (tertiary/aromatic N) is 3. The summed E-state index contributed by atoms with van der Waals surface area (Å²) in [5.41, 5.74) is 7.37. The van der Waals surface area contributed by atoms with Gasteiger partial charge in [-0.3, -0.25) is 4.79 Å². The highest BCUT2D eigenvalue weighted by Gasteiger charge is 2.26. The van der Waals surface area contributed by atoms with Gasteiger partial charge >= 0.3 is 6.03 Å². The molecule has 3 amide bonds. The van der Waals surface area contributed by atoms with Crippen molar-refractivity contribution in [3.05, 3.63) is 35.7 Å². The Bertz CT molecular complexity index is 717. The molecule has 1 aliphatic rings. The Morgan fingerprint density at radius 3 is 2.55 bits per heavy atom. The van der Waals surface area contributed by atoms with E-state index < -0.39 is 6.03 Å². The molecule has 3 rings (SSSR count). The molecule has 0 unspecified atom stereocenters. The standard InChI is InChI=1S/C14H16N6O2/c1-8-12(13(21)16-9-2-3-9)18-19-20(8)11-6-4-10(5-7-11)17-14(15)22/h4-7,9H,2-3H2,1H3,(H,16,21)(H3,15,17,22). The lowest BCUT2D eigenvalue weighted by molar-refractivity contribution is 0.0945. The number of nitrogens with one attached hydrogen (secondary N) is 2. The third-order valence-electron chi connectivity index (χ3n) is 3.40. The highest BCUT2D eigenvalue weighted by Crippen LogP contribution is 2.20. The van der Waals surface area contributed by atoms with Crippen LogP contribution in [0.3, 0.4) is 0 Å². The summed E-state index contributed by atoms with van der Waals surface area (Å²) in [5, 5.41) is 13.3. The fourth-order valence-corrected chi connectivity index (χ4v) is 2.09. The minimum Gasteiger partial charge on any atom is -0.351 e. The first-order valence-electron chi connectivity index (χ1n) is 6.94. The topological polar surface area (TPSA) is 115 Å². The molecule has 0 aliphatic heterocycles. The van der Waals surface area contributed by atoms with Crippen LogP contribution in [0.25, 0.3) is 5.69 Å². The number of carbonyl (C=O) groups is 2. The Kier molecular flexibility index (Phi) is 3.50. The molecule has 2 aromatic rings. The lowest BCUT2D eigenvalue weighted by Crippen LogP contribution is -2.26. The Hall–Kier alpha value is -2.90. The third kappa shape index (κ3) is 2.90. The normalized spacial score (nSPS) is 13.7. The number of carbonyl (C=O) groups excluding carboxylic acids is 2. The maximum absolute atomic E-state index is 12.0. The lowest BCUT2D eigenvalue weighted by atomic mass is 10.2. The summed E-state index contributed by atoms with van der Waals surface area (Å²) in [6.45, 7) is 1.79. The Morgan fingerprint density at radius 2 is 1.95 bits per heavy atom. The highest BCUT2D eigenvalue weighted by molar-refractivity contribution is 5.93. The number of nitrogens with two attached hydrogens (primary N) is 1. The van der Waals surface area contributed by atoms with Crippen LogP contribution < -0.4 is 16.4 Å². The molecule has 1 aromatic heterocycles. The van der Waals surface area contributed by atoms with Crippen LogP contribution in [0, 0.1) is 6.92 Å². The van der Waals surface area contributed by atoms with Crippen LogP contribution in [0.15, 0.2) is 24.3 Å². The van der Waals surface area contributed by atoms with Crippen LogP contribution in [-0.2, 0) is 0 Å². The predicted molar refractivity (Wildman–Crippen MR) is 79.8 cm³/mol. The van der Waals surface area contributed by atoms with Crippen molar-refractivity contribution in [3.63, 3.8) is 0 Å². The Labute approximate surface area is 126 Å². The van der Waals surface area contributed by atoms with Crippen molar-refractivity contribution < 1.29 is 9.59 Å². The smallest absolute Gasteiger partial charge is 0.316 e. The predicted octanol–water partition coefficient (Wildman–Crippen LogP) is 0.959. The van der Waals surface area contributed by atoms with Gasteiger partial charge in [-0.25, -0.2) is 9.48 Å². The van der Waals surface area contributed by atoms with E-state index in [0.717, 1.165) is 18.5 Å². The zero-order valence-corrected chi connectivity index (χ0v) is 12.0. The number of aromatic nitrogens is 3. The molecule has 0 atom stereocenters. The maximum Gasteiger partial charge on any atom is 0.316 e. The third-order valence-corrected chi connectivity index (χ3v) is 3.40. The highest BCUT2D eigenvalue weighted by atomic mass is 16.2. The van der Waals surface area contributed by atoms with Gasteiger partial charge in [-0.15, -0.1) is 5.10 Å². The zero-order chi connectivity index (χ0) is 15.7. The van der Waals surface area contributed by atoms with Gasteiger partial charge in [0.05, 0.1) is 11.4 Å². The van der Waals surface area contributed by atoms with Gasteiger partial charge in [0, 0.05) is 11.7 Å².